The van der Waals surface area contributed by atoms with Gasteiger partial charge in [0.2, 0.25) is 0 Å². The SMILES string of the molecule is CCCCCCCCNCCS(=O)(=O)C(C)C. The molecule has 0 atom stereocenters. The second-order valence-corrected chi connectivity index (χ2v) is 7.61. The first-order chi connectivity index (χ1) is 8.00. The molecule has 104 valence electrons. The molecule has 0 aliphatic carbocycles. The van der Waals surface area contributed by atoms with Gasteiger partial charge in [-0.05, 0) is 26.8 Å². The Hall–Kier alpha value is -0.0900. The van der Waals surface area contributed by atoms with Crippen molar-refractivity contribution in [2.45, 2.75) is 64.5 Å². The van der Waals surface area contributed by atoms with E-state index in [2.05, 4.69) is 12.2 Å². The fourth-order valence-corrected chi connectivity index (χ4v) is 2.51. The molecule has 0 saturated heterocycles. The number of hydrogen-bond acceptors (Lipinski definition) is 3. The Balaban J connectivity index is 3.30. The van der Waals surface area contributed by atoms with E-state index < -0.39 is 9.84 Å². The van der Waals surface area contributed by atoms with Crippen LogP contribution in [0.5, 0.6) is 0 Å². The second kappa shape index (κ2) is 9.89. The third-order valence-electron chi connectivity index (χ3n) is 2.99. The van der Waals surface area contributed by atoms with Gasteiger partial charge in [0.1, 0.15) is 0 Å². The molecular weight excluding hydrogens is 234 g/mol. The zero-order chi connectivity index (χ0) is 13.1. The minimum absolute atomic E-state index is 0.252. The van der Waals surface area contributed by atoms with E-state index in [9.17, 15) is 8.42 Å². The van der Waals surface area contributed by atoms with Crippen molar-refractivity contribution in [2.75, 3.05) is 18.8 Å². The average molecular weight is 263 g/mol. The normalized spacial score (nSPS) is 12.2. The van der Waals surface area contributed by atoms with Gasteiger partial charge < -0.3 is 5.32 Å². The van der Waals surface area contributed by atoms with Gasteiger partial charge in [0.25, 0.3) is 0 Å². The van der Waals surface area contributed by atoms with Crippen LogP contribution in [-0.4, -0.2) is 32.5 Å². The van der Waals surface area contributed by atoms with Crippen LogP contribution in [0.1, 0.15) is 59.3 Å². The van der Waals surface area contributed by atoms with Crippen molar-refractivity contribution >= 4 is 9.84 Å². The number of sulfone groups is 1. The minimum atomic E-state index is -2.87. The zero-order valence-electron chi connectivity index (χ0n) is 11.7. The molecule has 0 spiro atoms. The zero-order valence-corrected chi connectivity index (χ0v) is 12.5. The minimum Gasteiger partial charge on any atom is -0.316 e. The highest BCUT2D eigenvalue weighted by atomic mass is 32.2. The lowest BCUT2D eigenvalue weighted by atomic mass is 10.1. The first-order valence-electron chi connectivity index (χ1n) is 6.93. The smallest absolute Gasteiger partial charge is 0.153 e. The van der Waals surface area contributed by atoms with Gasteiger partial charge in [0.15, 0.2) is 9.84 Å². The molecule has 1 N–H and O–H groups in total. The first-order valence-corrected chi connectivity index (χ1v) is 8.64. The molecular formula is C13H29NO2S. The van der Waals surface area contributed by atoms with Crippen molar-refractivity contribution in [3.8, 4) is 0 Å². The standard InChI is InChI=1S/C13H29NO2S/c1-4-5-6-7-8-9-10-14-11-12-17(15,16)13(2)3/h13-14H,4-12H2,1-3H3. The Kier molecular flexibility index (Phi) is 9.84. The van der Waals surface area contributed by atoms with Crippen molar-refractivity contribution < 1.29 is 8.42 Å². The van der Waals surface area contributed by atoms with Crippen LogP contribution in [0.25, 0.3) is 0 Å². The van der Waals surface area contributed by atoms with Crippen LogP contribution in [0, 0.1) is 0 Å². The van der Waals surface area contributed by atoms with Gasteiger partial charge >= 0.3 is 0 Å². The Bertz CT molecular complexity index is 261. The lowest BCUT2D eigenvalue weighted by Crippen LogP contribution is -2.27. The van der Waals surface area contributed by atoms with Crippen LogP contribution in [0.2, 0.25) is 0 Å². The highest BCUT2D eigenvalue weighted by molar-refractivity contribution is 7.92. The van der Waals surface area contributed by atoms with E-state index >= 15 is 0 Å². The molecule has 0 aliphatic heterocycles. The van der Waals surface area contributed by atoms with Crippen molar-refractivity contribution in [2.24, 2.45) is 0 Å². The Morgan fingerprint density at radius 2 is 1.53 bits per heavy atom. The van der Waals surface area contributed by atoms with E-state index in [0.717, 1.165) is 13.0 Å². The number of hydrogen-bond donors (Lipinski definition) is 1. The fraction of sp³-hybridized carbons (Fsp3) is 1.00. The van der Waals surface area contributed by atoms with Crippen molar-refractivity contribution in [1.29, 1.82) is 0 Å². The highest BCUT2D eigenvalue weighted by Gasteiger charge is 2.14. The van der Waals surface area contributed by atoms with E-state index in [1.807, 2.05) is 0 Å². The molecule has 17 heavy (non-hydrogen) atoms. The molecule has 4 heteroatoms. The molecule has 0 aromatic carbocycles. The largest absolute Gasteiger partial charge is 0.316 e. The Labute approximate surface area is 107 Å². The second-order valence-electron chi connectivity index (χ2n) is 4.93. The Morgan fingerprint density at radius 3 is 2.12 bits per heavy atom. The van der Waals surface area contributed by atoms with Crippen LogP contribution in [0.15, 0.2) is 0 Å². The molecule has 0 aromatic rings. The lowest BCUT2D eigenvalue weighted by molar-refractivity contribution is 0.568. The lowest BCUT2D eigenvalue weighted by Gasteiger charge is -2.08. The quantitative estimate of drug-likeness (QED) is 0.583. The molecule has 0 bridgehead atoms. The maximum Gasteiger partial charge on any atom is 0.153 e. The highest BCUT2D eigenvalue weighted by Crippen LogP contribution is 2.04. The van der Waals surface area contributed by atoms with Crippen LogP contribution in [0.3, 0.4) is 0 Å². The topological polar surface area (TPSA) is 46.2 Å². The summed E-state index contributed by atoms with van der Waals surface area (Å²) in [4.78, 5) is 0. The molecule has 3 nitrogen and oxygen atoms in total. The molecule has 0 aliphatic rings. The fourth-order valence-electron chi connectivity index (χ4n) is 1.61. The van der Waals surface area contributed by atoms with E-state index in [4.69, 9.17) is 0 Å². The third kappa shape index (κ3) is 9.60. The average Bonchev–Trinajstić information content (AvgIpc) is 2.26. The maximum atomic E-state index is 11.5. The van der Waals surface area contributed by atoms with Gasteiger partial charge in [-0.15, -0.1) is 0 Å². The molecule has 0 saturated carbocycles. The van der Waals surface area contributed by atoms with Crippen molar-refractivity contribution in [3.05, 3.63) is 0 Å². The first kappa shape index (κ1) is 16.9. The van der Waals surface area contributed by atoms with Crippen LogP contribution in [0.4, 0.5) is 0 Å². The van der Waals surface area contributed by atoms with E-state index in [-0.39, 0.29) is 11.0 Å². The third-order valence-corrected chi connectivity index (χ3v) is 5.20. The van der Waals surface area contributed by atoms with Crippen LogP contribution in [-0.2, 0) is 9.84 Å². The summed E-state index contributed by atoms with van der Waals surface area (Å²) in [5, 5.41) is 2.96. The molecule has 0 rings (SSSR count). The Morgan fingerprint density at radius 1 is 0.941 bits per heavy atom. The number of rotatable bonds is 11. The van der Waals surface area contributed by atoms with Gasteiger partial charge in [0, 0.05) is 6.54 Å². The molecule has 0 radical (unpaired) electrons. The van der Waals surface area contributed by atoms with E-state index in [1.54, 1.807) is 13.8 Å². The van der Waals surface area contributed by atoms with Gasteiger partial charge in [0.05, 0.1) is 11.0 Å². The summed E-state index contributed by atoms with van der Waals surface area (Å²) in [6.07, 6.45) is 7.67. The van der Waals surface area contributed by atoms with E-state index in [1.165, 1.54) is 32.1 Å². The van der Waals surface area contributed by atoms with Gasteiger partial charge in [-0.1, -0.05) is 39.0 Å². The monoisotopic (exact) mass is 263 g/mol. The van der Waals surface area contributed by atoms with Gasteiger partial charge in [-0.2, -0.15) is 0 Å². The summed E-state index contributed by atoms with van der Waals surface area (Å²) >= 11 is 0. The van der Waals surface area contributed by atoms with E-state index in [0.29, 0.717) is 6.54 Å². The van der Waals surface area contributed by atoms with Gasteiger partial charge in [-0.25, -0.2) is 8.42 Å². The molecule has 0 aromatic heterocycles. The molecule has 0 fully saturated rings. The maximum absolute atomic E-state index is 11.5. The summed E-state index contributed by atoms with van der Waals surface area (Å²) in [7, 11) is -2.87. The predicted octanol–water partition coefficient (Wildman–Crippen LogP) is 2.76. The predicted molar refractivity (Wildman–Crippen MR) is 75.2 cm³/mol. The van der Waals surface area contributed by atoms with Crippen LogP contribution >= 0.6 is 0 Å². The summed E-state index contributed by atoms with van der Waals surface area (Å²) in [6.45, 7) is 7.23. The van der Waals surface area contributed by atoms with Crippen LogP contribution < -0.4 is 5.32 Å². The van der Waals surface area contributed by atoms with Gasteiger partial charge in [-0.3, -0.25) is 0 Å². The number of unbranched alkanes of at least 4 members (excludes halogenated alkanes) is 5. The summed E-state index contributed by atoms with van der Waals surface area (Å²) < 4.78 is 23.0. The summed E-state index contributed by atoms with van der Waals surface area (Å²) in [5.41, 5.74) is 0. The molecule has 0 unspecified atom stereocenters. The number of nitrogens with one attached hydrogen (secondary N) is 1. The van der Waals surface area contributed by atoms with Crippen molar-refractivity contribution in [3.63, 3.8) is 0 Å². The molecule has 0 amide bonds. The summed E-state index contributed by atoms with van der Waals surface area (Å²) in [6, 6.07) is 0. The summed E-state index contributed by atoms with van der Waals surface area (Å²) in [5.74, 6) is 0.264. The molecule has 0 heterocycles. The van der Waals surface area contributed by atoms with Crippen molar-refractivity contribution in [1.82, 2.24) is 5.32 Å².